The number of rotatable bonds is 11. The van der Waals surface area contributed by atoms with E-state index in [0.717, 1.165) is 19.3 Å². The number of amides is 1. The molecule has 0 heterocycles. The van der Waals surface area contributed by atoms with Crippen LogP contribution in [0, 0.1) is 10.1 Å². The van der Waals surface area contributed by atoms with Crippen molar-refractivity contribution in [3.8, 4) is 5.75 Å². The molecular formula is C26H40N2O5. The molecule has 1 aromatic carbocycles. The summed E-state index contributed by atoms with van der Waals surface area (Å²) in [6.45, 7) is 1.99. The molecule has 0 radical (unpaired) electrons. The Kier molecular flexibility index (Phi) is 9.97. The molecule has 184 valence electrons. The van der Waals surface area contributed by atoms with E-state index < -0.39 is 11.0 Å². The number of hydrogen-bond donors (Lipinski definition) is 1. The van der Waals surface area contributed by atoms with Gasteiger partial charge in [-0.15, -0.1) is 0 Å². The maximum Gasteiger partial charge on any atom is 0.275 e. The standard InChI is InChI=1S/C26H40N2O5/c1-20(29)24-19-23(16-17-25(24)28(31)32)33-18-10-4-9-15-26(30)27(21-11-5-2-6-12-21)22-13-7-3-8-14-22/h16-17,19-22,29H,2-15,18H2,1H3. The van der Waals surface area contributed by atoms with E-state index in [9.17, 15) is 20.0 Å². The first-order chi connectivity index (χ1) is 16.0. The number of aliphatic hydroxyl groups excluding tert-OH is 1. The van der Waals surface area contributed by atoms with E-state index in [4.69, 9.17) is 4.74 Å². The first-order valence-electron chi connectivity index (χ1n) is 12.9. The Balaban J connectivity index is 1.43. The van der Waals surface area contributed by atoms with Crippen LogP contribution in [0.4, 0.5) is 5.69 Å². The molecule has 1 aromatic rings. The first-order valence-corrected chi connectivity index (χ1v) is 12.9. The second-order valence-corrected chi connectivity index (χ2v) is 9.70. The Labute approximate surface area is 197 Å². The predicted octanol–water partition coefficient (Wildman–Crippen LogP) is 6.08. The highest BCUT2D eigenvalue weighted by molar-refractivity contribution is 5.77. The van der Waals surface area contributed by atoms with E-state index >= 15 is 0 Å². The number of hydrogen-bond acceptors (Lipinski definition) is 5. The number of unbranched alkanes of at least 4 members (excludes halogenated alkanes) is 2. The molecule has 2 aliphatic carbocycles. The molecule has 0 spiro atoms. The van der Waals surface area contributed by atoms with Crippen molar-refractivity contribution in [3.63, 3.8) is 0 Å². The Morgan fingerprint density at radius 3 is 2.21 bits per heavy atom. The van der Waals surface area contributed by atoms with Crippen LogP contribution in [0.15, 0.2) is 18.2 Å². The quantitative estimate of drug-likeness (QED) is 0.245. The Hall–Kier alpha value is -2.15. The van der Waals surface area contributed by atoms with E-state index in [0.29, 0.717) is 36.8 Å². The summed E-state index contributed by atoms with van der Waals surface area (Å²) in [6.07, 6.45) is 14.5. The number of nitro groups is 1. The van der Waals surface area contributed by atoms with Crippen LogP contribution in [0.25, 0.3) is 0 Å². The van der Waals surface area contributed by atoms with Gasteiger partial charge >= 0.3 is 0 Å². The van der Waals surface area contributed by atoms with E-state index in [-0.39, 0.29) is 11.3 Å². The van der Waals surface area contributed by atoms with Crippen molar-refractivity contribution < 1.29 is 19.6 Å². The first kappa shape index (κ1) is 25.5. The summed E-state index contributed by atoms with van der Waals surface area (Å²) < 4.78 is 5.75. The van der Waals surface area contributed by atoms with Gasteiger partial charge in [0.25, 0.3) is 5.69 Å². The highest BCUT2D eigenvalue weighted by atomic mass is 16.6. The molecule has 2 saturated carbocycles. The van der Waals surface area contributed by atoms with Gasteiger partial charge in [0.2, 0.25) is 5.91 Å². The molecule has 7 nitrogen and oxygen atoms in total. The lowest BCUT2D eigenvalue weighted by molar-refractivity contribution is -0.386. The number of nitro benzene ring substituents is 1. The minimum Gasteiger partial charge on any atom is -0.494 e. The monoisotopic (exact) mass is 460 g/mol. The molecule has 0 aliphatic heterocycles. The molecule has 7 heteroatoms. The van der Waals surface area contributed by atoms with Crippen LogP contribution >= 0.6 is 0 Å². The predicted molar refractivity (Wildman–Crippen MR) is 128 cm³/mol. The van der Waals surface area contributed by atoms with Crippen LogP contribution in [-0.4, -0.2) is 39.5 Å². The second-order valence-electron chi connectivity index (χ2n) is 9.70. The Morgan fingerprint density at radius 1 is 1.06 bits per heavy atom. The van der Waals surface area contributed by atoms with Crippen molar-refractivity contribution >= 4 is 11.6 Å². The third kappa shape index (κ3) is 7.42. The lowest BCUT2D eigenvalue weighted by Gasteiger charge is -2.42. The fraction of sp³-hybridized carbons (Fsp3) is 0.731. The number of ether oxygens (including phenoxy) is 1. The zero-order valence-electron chi connectivity index (χ0n) is 20.0. The summed E-state index contributed by atoms with van der Waals surface area (Å²) in [5.41, 5.74) is 0.157. The summed E-state index contributed by atoms with van der Waals surface area (Å²) in [7, 11) is 0. The third-order valence-electron chi connectivity index (χ3n) is 7.17. The summed E-state index contributed by atoms with van der Waals surface area (Å²) >= 11 is 0. The minimum atomic E-state index is -0.934. The number of nitrogens with zero attached hydrogens (tertiary/aromatic N) is 2. The van der Waals surface area contributed by atoms with Gasteiger partial charge in [0.05, 0.1) is 23.2 Å². The minimum absolute atomic E-state index is 0.101. The molecule has 1 amide bonds. The number of aliphatic hydroxyl groups is 1. The zero-order valence-corrected chi connectivity index (χ0v) is 20.0. The van der Waals surface area contributed by atoms with E-state index in [2.05, 4.69) is 4.90 Å². The Bertz CT molecular complexity index is 752. The van der Waals surface area contributed by atoms with Crippen LogP contribution < -0.4 is 4.74 Å². The zero-order chi connectivity index (χ0) is 23.6. The average Bonchev–Trinajstić information content (AvgIpc) is 2.82. The van der Waals surface area contributed by atoms with Crippen molar-refractivity contribution in [3.05, 3.63) is 33.9 Å². The Morgan fingerprint density at radius 2 is 1.67 bits per heavy atom. The third-order valence-corrected chi connectivity index (χ3v) is 7.17. The molecule has 2 aliphatic rings. The van der Waals surface area contributed by atoms with Crippen LogP contribution in [0.2, 0.25) is 0 Å². The van der Waals surface area contributed by atoms with Crippen molar-refractivity contribution in [2.24, 2.45) is 0 Å². The van der Waals surface area contributed by atoms with Gasteiger partial charge in [-0.1, -0.05) is 38.5 Å². The van der Waals surface area contributed by atoms with Gasteiger partial charge in [0, 0.05) is 24.6 Å². The van der Waals surface area contributed by atoms with Gasteiger partial charge in [0.15, 0.2) is 0 Å². The fourth-order valence-electron chi connectivity index (χ4n) is 5.42. The molecule has 1 N–H and O–H groups in total. The highest BCUT2D eigenvalue weighted by Gasteiger charge is 2.31. The average molecular weight is 461 g/mol. The largest absolute Gasteiger partial charge is 0.494 e. The summed E-state index contributed by atoms with van der Waals surface area (Å²) in [6, 6.07) is 5.38. The topological polar surface area (TPSA) is 92.9 Å². The van der Waals surface area contributed by atoms with Crippen LogP contribution in [0.3, 0.4) is 0 Å². The summed E-state index contributed by atoms with van der Waals surface area (Å²) in [5, 5.41) is 20.9. The molecule has 1 atom stereocenters. The lowest BCUT2D eigenvalue weighted by Crippen LogP contribution is -2.48. The number of carbonyl (C=O) groups excluding carboxylic acids is 1. The van der Waals surface area contributed by atoms with Crippen molar-refractivity contribution in [1.82, 2.24) is 4.90 Å². The van der Waals surface area contributed by atoms with E-state index in [1.807, 2.05) is 0 Å². The summed E-state index contributed by atoms with van der Waals surface area (Å²) in [4.78, 5) is 26.1. The fourth-order valence-corrected chi connectivity index (χ4v) is 5.42. The maximum absolute atomic E-state index is 13.2. The molecule has 3 rings (SSSR count). The highest BCUT2D eigenvalue weighted by Crippen LogP contribution is 2.31. The molecule has 0 saturated heterocycles. The van der Waals surface area contributed by atoms with Crippen molar-refractivity contribution in [1.29, 1.82) is 0 Å². The van der Waals surface area contributed by atoms with Crippen LogP contribution in [0.1, 0.15) is 108 Å². The van der Waals surface area contributed by atoms with E-state index in [1.54, 1.807) is 12.1 Å². The molecule has 2 fully saturated rings. The van der Waals surface area contributed by atoms with Crippen LogP contribution in [-0.2, 0) is 4.79 Å². The smallest absolute Gasteiger partial charge is 0.275 e. The molecule has 0 aromatic heterocycles. The van der Waals surface area contributed by atoms with Gasteiger partial charge in [-0.05, 0) is 64.0 Å². The van der Waals surface area contributed by atoms with Gasteiger partial charge in [0.1, 0.15) is 5.75 Å². The molecule has 1 unspecified atom stereocenters. The molecule has 33 heavy (non-hydrogen) atoms. The van der Waals surface area contributed by atoms with E-state index in [1.165, 1.54) is 77.2 Å². The van der Waals surface area contributed by atoms with Gasteiger partial charge in [-0.3, -0.25) is 14.9 Å². The molecular weight excluding hydrogens is 420 g/mol. The van der Waals surface area contributed by atoms with Gasteiger partial charge in [-0.2, -0.15) is 0 Å². The lowest BCUT2D eigenvalue weighted by atomic mass is 9.88. The van der Waals surface area contributed by atoms with Crippen molar-refractivity contribution in [2.45, 2.75) is 115 Å². The van der Waals surface area contributed by atoms with Crippen LogP contribution in [0.5, 0.6) is 5.75 Å². The maximum atomic E-state index is 13.2. The number of carbonyl (C=O) groups is 1. The van der Waals surface area contributed by atoms with Gasteiger partial charge < -0.3 is 14.7 Å². The van der Waals surface area contributed by atoms with Gasteiger partial charge in [-0.25, -0.2) is 0 Å². The SMILES string of the molecule is CC(O)c1cc(OCCCCCC(=O)N(C2CCCCC2)C2CCCCC2)ccc1[N+](=O)[O-]. The van der Waals surface area contributed by atoms with Crippen molar-refractivity contribution in [2.75, 3.05) is 6.61 Å². The number of benzene rings is 1. The second kappa shape index (κ2) is 12.9. The normalized spacial score (nSPS) is 18.6. The summed E-state index contributed by atoms with van der Waals surface area (Å²) in [5.74, 6) is 0.861. The molecule has 0 bridgehead atoms.